The summed E-state index contributed by atoms with van der Waals surface area (Å²) in [6, 6.07) is 16.4. The van der Waals surface area contributed by atoms with E-state index in [2.05, 4.69) is 20.6 Å². The van der Waals surface area contributed by atoms with Gasteiger partial charge in [-0.15, -0.1) is 0 Å². The van der Waals surface area contributed by atoms with Gasteiger partial charge in [0.15, 0.2) is 11.5 Å². The number of carbonyl (C=O) groups excluding carboxylic acids is 1. The zero-order valence-electron chi connectivity index (χ0n) is 11.9. The van der Waals surface area contributed by atoms with Crippen molar-refractivity contribution >= 4 is 17.3 Å². The number of para-hydroxylation sites is 1. The molecule has 23 heavy (non-hydrogen) atoms. The molecule has 4 rings (SSSR count). The lowest BCUT2D eigenvalue weighted by atomic mass is 10.1. The zero-order chi connectivity index (χ0) is 15.8. The van der Waals surface area contributed by atoms with Crippen LogP contribution in [0.2, 0.25) is 0 Å². The van der Waals surface area contributed by atoms with Crippen LogP contribution in [0.3, 0.4) is 0 Å². The van der Waals surface area contributed by atoms with E-state index in [1.807, 2.05) is 42.5 Å². The Hall–Kier alpha value is -3.48. The van der Waals surface area contributed by atoms with Gasteiger partial charge in [-0.25, -0.2) is 9.89 Å². The Morgan fingerprint density at radius 1 is 0.957 bits per heavy atom. The van der Waals surface area contributed by atoms with Crippen molar-refractivity contribution in [2.45, 2.75) is 0 Å². The molecule has 7 heteroatoms. The Balaban J connectivity index is 1.89. The molecular weight excluding hydrogens is 294 g/mol. The molecule has 2 aromatic carbocycles. The van der Waals surface area contributed by atoms with Gasteiger partial charge in [0.05, 0.1) is 5.69 Å². The minimum absolute atomic E-state index is 0.182. The van der Waals surface area contributed by atoms with E-state index in [9.17, 15) is 9.59 Å². The van der Waals surface area contributed by atoms with E-state index in [1.54, 1.807) is 12.1 Å². The van der Waals surface area contributed by atoms with Crippen LogP contribution in [0, 0.1) is 0 Å². The number of anilines is 1. The van der Waals surface area contributed by atoms with Crippen molar-refractivity contribution < 1.29 is 4.79 Å². The molecule has 0 unspecified atom stereocenters. The average Bonchev–Trinajstić information content (AvgIpc) is 3.10. The van der Waals surface area contributed by atoms with Gasteiger partial charge >= 0.3 is 5.69 Å². The molecule has 0 bridgehead atoms. The van der Waals surface area contributed by atoms with Gasteiger partial charge in [-0.3, -0.25) is 4.79 Å². The van der Waals surface area contributed by atoms with Gasteiger partial charge in [-0.2, -0.15) is 14.9 Å². The van der Waals surface area contributed by atoms with E-state index in [0.717, 1.165) is 10.2 Å². The molecule has 2 N–H and O–H groups in total. The number of aromatic nitrogens is 3. The van der Waals surface area contributed by atoms with E-state index in [4.69, 9.17) is 0 Å². The lowest BCUT2D eigenvalue weighted by Crippen LogP contribution is -2.20. The van der Waals surface area contributed by atoms with Gasteiger partial charge in [0.25, 0.3) is 5.91 Å². The summed E-state index contributed by atoms with van der Waals surface area (Å²) in [5, 5.41) is 13.3. The van der Waals surface area contributed by atoms with Crippen molar-refractivity contribution in [1.82, 2.24) is 14.9 Å². The summed E-state index contributed by atoms with van der Waals surface area (Å²) in [5.41, 5.74) is 1.73. The first kappa shape index (κ1) is 13.2. The molecule has 0 atom stereocenters. The number of nitrogens with zero attached hydrogens (tertiary/aromatic N) is 3. The number of carbonyl (C=O) groups is 1. The van der Waals surface area contributed by atoms with Crippen LogP contribution in [0.15, 0.2) is 64.5 Å². The quantitative estimate of drug-likeness (QED) is 0.750. The highest BCUT2D eigenvalue weighted by molar-refractivity contribution is 6.53. The molecule has 1 aromatic heterocycles. The molecule has 1 aliphatic rings. The first-order valence-electron chi connectivity index (χ1n) is 6.96. The molecule has 112 valence electrons. The topological polar surface area (TPSA) is 92.1 Å². The number of amides is 1. The SMILES string of the molecule is O=C1Nc2ccccc2/C1=N\n1c(-c2ccccc2)n[nH]c1=O. The number of aromatic amines is 1. The summed E-state index contributed by atoms with van der Waals surface area (Å²) in [6.07, 6.45) is 0. The van der Waals surface area contributed by atoms with Crippen LogP contribution in [0.4, 0.5) is 5.69 Å². The Morgan fingerprint density at radius 3 is 2.52 bits per heavy atom. The summed E-state index contributed by atoms with van der Waals surface area (Å²) in [5.74, 6) is -0.00130. The van der Waals surface area contributed by atoms with E-state index >= 15 is 0 Å². The van der Waals surface area contributed by atoms with E-state index in [0.29, 0.717) is 17.1 Å². The third-order valence-electron chi connectivity index (χ3n) is 3.53. The lowest BCUT2D eigenvalue weighted by molar-refractivity contribution is -0.110. The van der Waals surface area contributed by atoms with Crippen LogP contribution < -0.4 is 11.0 Å². The Morgan fingerprint density at radius 2 is 1.70 bits per heavy atom. The monoisotopic (exact) mass is 305 g/mol. The maximum absolute atomic E-state index is 12.1. The molecule has 0 saturated carbocycles. The van der Waals surface area contributed by atoms with Crippen LogP contribution in [0.5, 0.6) is 0 Å². The molecule has 0 radical (unpaired) electrons. The number of fused-ring (bicyclic) bond motifs is 1. The van der Waals surface area contributed by atoms with Crippen molar-refractivity contribution in [1.29, 1.82) is 0 Å². The molecule has 3 aromatic rings. The highest BCUT2D eigenvalue weighted by Gasteiger charge is 2.26. The smallest absolute Gasteiger partial charge is 0.320 e. The fourth-order valence-electron chi connectivity index (χ4n) is 2.46. The molecular formula is C16H11N5O2. The number of hydrogen-bond acceptors (Lipinski definition) is 4. The van der Waals surface area contributed by atoms with Crippen molar-refractivity contribution in [3.63, 3.8) is 0 Å². The predicted molar refractivity (Wildman–Crippen MR) is 85.3 cm³/mol. The summed E-state index contributed by atoms with van der Waals surface area (Å²) >= 11 is 0. The van der Waals surface area contributed by atoms with Gasteiger partial charge in [0.2, 0.25) is 0 Å². The standard InChI is InChI=1S/C16H11N5O2/c22-15-13(11-8-4-5-9-12(11)17-15)20-21-14(18-19-16(21)23)10-6-2-1-3-7-10/h1-9H,(H,19,23)(H,17,20,22). The van der Waals surface area contributed by atoms with Gasteiger partial charge in [-0.1, -0.05) is 48.5 Å². The van der Waals surface area contributed by atoms with Crippen LogP contribution >= 0.6 is 0 Å². The van der Waals surface area contributed by atoms with E-state index < -0.39 is 5.69 Å². The normalized spacial score (nSPS) is 14.8. The molecule has 0 aliphatic carbocycles. The third kappa shape index (κ3) is 2.15. The highest BCUT2D eigenvalue weighted by atomic mass is 16.2. The number of benzene rings is 2. The maximum atomic E-state index is 12.1. The van der Waals surface area contributed by atoms with E-state index in [1.165, 1.54) is 0 Å². The minimum atomic E-state index is -0.506. The number of rotatable bonds is 2. The minimum Gasteiger partial charge on any atom is -0.320 e. The number of hydrogen-bond donors (Lipinski definition) is 2. The van der Waals surface area contributed by atoms with Crippen molar-refractivity contribution in [2.75, 3.05) is 5.32 Å². The fourth-order valence-corrected chi connectivity index (χ4v) is 2.46. The predicted octanol–water partition coefficient (Wildman–Crippen LogP) is 1.44. The number of H-pyrrole nitrogens is 1. The average molecular weight is 305 g/mol. The molecule has 1 amide bonds. The summed E-state index contributed by atoms with van der Waals surface area (Å²) in [6.45, 7) is 0. The largest absolute Gasteiger partial charge is 0.364 e. The van der Waals surface area contributed by atoms with Crippen molar-refractivity contribution in [3.8, 4) is 11.4 Å². The maximum Gasteiger partial charge on any atom is 0.364 e. The first-order valence-corrected chi connectivity index (χ1v) is 6.96. The van der Waals surface area contributed by atoms with E-state index in [-0.39, 0.29) is 11.6 Å². The van der Waals surface area contributed by atoms with Crippen molar-refractivity contribution in [2.24, 2.45) is 5.10 Å². The third-order valence-corrected chi connectivity index (χ3v) is 3.53. The van der Waals surface area contributed by atoms with Crippen LogP contribution in [-0.2, 0) is 4.79 Å². The highest BCUT2D eigenvalue weighted by Crippen LogP contribution is 2.23. The summed E-state index contributed by atoms with van der Waals surface area (Å²) in [7, 11) is 0. The summed E-state index contributed by atoms with van der Waals surface area (Å²) in [4.78, 5) is 24.2. The molecule has 2 heterocycles. The second kappa shape index (κ2) is 5.06. The second-order valence-corrected chi connectivity index (χ2v) is 4.98. The Kier molecular flexibility index (Phi) is 2.90. The van der Waals surface area contributed by atoms with Gasteiger partial charge < -0.3 is 5.32 Å². The van der Waals surface area contributed by atoms with Crippen molar-refractivity contribution in [3.05, 3.63) is 70.6 Å². The summed E-state index contributed by atoms with van der Waals surface area (Å²) < 4.78 is 1.10. The lowest BCUT2D eigenvalue weighted by Gasteiger charge is -2.01. The Labute approximate surface area is 130 Å². The van der Waals surface area contributed by atoms with Gasteiger partial charge in [0.1, 0.15) is 0 Å². The van der Waals surface area contributed by atoms with Crippen LogP contribution in [0.1, 0.15) is 5.56 Å². The number of nitrogens with one attached hydrogen (secondary N) is 2. The second-order valence-electron chi connectivity index (χ2n) is 4.98. The Bertz CT molecular complexity index is 985. The zero-order valence-corrected chi connectivity index (χ0v) is 11.9. The van der Waals surface area contributed by atoms with Crippen LogP contribution in [0.25, 0.3) is 11.4 Å². The van der Waals surface area contributed by atoms with Crippen LogP contribution in [-0.4, -0.2) is 26.5 Å². The molecule has 0 fully saturated rings. The van der Waals surface area contributed by atoms with Gasteiger partial charge in [-0.05, 0) is 6.07 Å². The fraction of sp³-hybridized carbons (Fsp3) is 0. The molecule has 0 saturated heterocycles. The first-order chi connectivity index (χ1) is 11.2. The van der Waals surface area contributed by atoms with Gasteiger partial charge in [0, 0.05) is 11.1 Å². The molecule has 1 aliphatic heterocycles. The molecule has 7 nitrogen and oxygen atoms in total. The molecule has 0 spiro atoms.